The predicted octanol–water partition coefficient (Wildman–Crippen LogP) is 5.86. The van der Waals surface area contributed by atoms with Crippen molar-refractivity contribution in [1.82, 2.24) is 9.96 Å². The summed E-state index contributed by atoms with van der Waals surface area (Å²) in [6, 6.07) is 10.7. The van der Waals surface area contributed by atoms with Gasteiger partial charge in [0.15, 0.2) is 11.5 Å². The van der Waals surface area contributed by atoms with E-state index in [2.05, 4.69) is 15.9 Å². The molecule has 1 amide bonds. The highest BCUT2D eigenvalue weighted by atomic mass is 79.9. The Morgan fingerprint density at radius 1 is 1.00 bits per heavy atom. The number of ether oxygens (including phenoxy) is 3. The number of hydrogen-bond acceptors (Lipinski definition) is 7. The van der Waals surface area contributed by atoms with Gasteiger partial charge in [-0.1, -0.05) is 23.7 Å². The number of piperazine rings is 1. The van der Waals surface area contributed by atoms with Crippen molar-refractivity contribution < 1.29 is 28.6 Å². The van der Waals surface area contributed by atoms with Crippen LogP contribution in [0, 0.1) is 0 Å². The summed E-state index contributed by atoms with van der Waals surface area (Å²) in [4.78, 5) is 34.5. The van der Waals surface area contributed by atoms with Gasteiger partial charge in [-0.05, 0) is 58.1 Å². The van der Waals surface area contributed by atoms with Crippen molar-refractivity contribution in [2.75, 3.05) is 54.1 Å². The first-order valence-corrected chi connectivity index (χ1v) is 12.9. The van der Waals surface area contributed by atoms with Crippen molar-refractivity contribution in [3.8, 4) is 22.6 Å². The largest absolute Gasteiger partial charge is 0.493 e. The molecule has 1 fully saturated rings. The quantitative estimate of drug-likeness (QED) is 0.304. The van der Waals surface area contributed by atoms with Crippen LogP contribution in [-0.2, 0) is 9.57 Å². The Morgan fingerprint density at radius 2 is 1.71 bits per heavy atom. The lowest BCUT2D eigenvalue weighted by Crippen LogP contribution is -2.48. The van der Waals surface area contributed by atoms with Crippen molar-refractivity contribution >= 4 is 62.6 Å². The molecule has 1 aliphatic rings. The fraction of sp³-hybridized carbons (Fsp3) is 0.333. The molecule has 3 aromatic carbocycles. The van der Waals surface area contributed by atoms with Crippen LogP contribution in [-0.4, -0.2) is 76.0 Å². The summed E-state index contributed by atoms with van der Waals surface area (Å²) >= 11 is 10.2. The number of carbonyl (C=O) groups is 2. The van der Waals surface area contributed by atoms with Crippen LogP contribution in [0.4, 0.5) is 0 Å². The van der Waals surface area contributed by atoms with E-state index in [4.69, 9.17) is 30.6 Å². The lowest BCUT2D eigenvalue weighted by Gasteiger charge is -2.34. The highest BCUT2D eigenvalue weighted by molar-refractivity contribution is 9.10. The van der Waals surface area contributed by atoms with Crippen molar-refractivity contribution in [2.45, 2.75) is 6.92 Å². The lowest BCUT2D eigenvalue weighted by atomic mass is 9.88. The van der Waals surface area contributed by atoms with E-state index in [1.54, 1.807) is 36.3 Å². The maximum Gasteiger partial charge on any atom is 0.339 e. The molecule has 1 heterocycles. The molecule has 1 saturated heterocycles. The minimum Gasteiger partial charge on any atom is -0.493 e. The van der Waals surface area contributed by atoms with Crippen molar-refractivity contribution in [3.63, 3.8) is 0 Å². The zero-order valence-corrected chi connectivity index (χ0v) is 24.7. The summed E-state index contributed by atoms with van der Waals surface area (Å²) in [6.45, 7) is 4.53. The zero-order valence-electron chi connectivity index (χ0n) is 21.5. The van der Waals surface area contributed by atoms with Gasteiger partial charge < -0.3 is 19.1 Å². The van der Waals surface area contributed by atoms with E-state index in [0.717, 1.165) is 0 Å². The third-order valence-corrected chi connectivity index (χ3v) is 7.23. The van der Waals surface area contributed by atoms with Gasteiger partial charge in [-0.15, -0.1) is 12.4 Å². The lowest BCUT2D eigenvalue weighted by molar-refractivity contribution is -0.169. The average molecular weight is 628 g/mol. The molecule has 0 atom stereocenters. The number of fused-ring (bicyclic) bond motifs is 1. The van der Waals surface area contributed by atoms with Crippen molar-refractivity contribution in [3.05, 3.63) is 57.0 Å². The van der Waals surface area contributed by atoms with Gasteiger partial charge in [-0.25, -0.2) is 4.79 Å². The first-order chi connectivity index (χ1) is 17.8. The number of nitrogens with zero attached hydrogens (tertiary/aromatic N) is 2. The molecule has 38 heavy (non-hydrogen) atoms. The molecule has 1 aliphatic heterocycles. The summed E-state index contributed by atoms with van der Waals surface area (Å²) in [5.74, 6) is 0.0625. The van der Waals surface area contributed by atoms with Crippen LogP contribution >= 0.6 is 39.9 Å². The Balaban J connectivity index is 0.00000400. The number of hydrogen-bond donors (Lipinski definition) is 0. The van der Waals surface area contributed by atoms with Gasteiger partial charge >= 0.3 is 5.97 Å². The number of benzene rings is 3. The Bertz CT molecular complexity index is 1350. The van der Waals surface area contributed by atoms with Crippen LogP contribution in [0.5, 0.6) is 11.5 Å². The van der Waals surface area contributed by atoms with E-state index in [9.17, 15) is 9.59 Å². The van der Waals surface area contributed by atoms with Crippen LogP contribution in [0.3, 0.4) is 0 Å². The van der Waals surface area contributed by atoms with Crippen LogP contribution < -0.4 is 9.47 Å². The third-order valence-electron chi connectivity index (χ3n) is 6.31. The number of amides is 1. The molecule has 3 aromatic rings. The minimum atomic E-state index is -0.626. The molecule has 0 aromatic heterocycles. The normalized spacial score (nSPS) is 13.7. The summed E-state index contributed by atoms with van der Waals surface area (Å²) in [5.41, 5.74) is 1.53. The first kappa shape index (κ1) is 30.0. The second-order valence-corrected chi connectivity index (χ2v) is 9.59. The smallest absolute Gasteiger partial charge is 0.339 e. The van der Waals surface area contributed by atoms with E-state index in [1.165, 1.54) is 14.2 Å². The van der Waals surface area contributed by atoms with Crippen LogP contribution in [0.1, 0.15) is 27.6 Å². The molecule has 0 saturated carbocycles. The van der Waals surface area contributed by atoms with Crippen LogP contribution in [0.2, 0.25) is 5.02 Å². The molecular weight excluding hydrogens is 599 g/mol. The molecule has 0 radical (unpaired) electrons. The predicted molar refractivity (Wildman–Crippen MR) is 153 cm³/mol. The zero-order chi connectivity index (χ0) is 26.7. The number of hydroxylamine groups is 2. The van der Waals surface area contributed by atoms with Crippen LogP contribution in [0.25, 0.3) is 21.9 Å². The SMILES string of the molecule is CCON1CCN(C(=O)c2cc3c(Cl)cccc3c(-c3cc(Br)c(OC)c(OC)c3)c2C(=O)OC)CC1.Cl. The number of carbonyl (C=O) groups excluding carboxylic acids is 2. The fourth-order valence-corrected chi connectivity index (χ4v) is 5.44. The van der Waals surface area contributed by atoms with Crippen LogP contribution in [0.15, 0.2) is 40.9 Å². The van der Waals surface area contributed by atoms with Crippen molar-refractivity contribution in [2.24, 2.45) is 0 Å². The number of methoxy groups -OCH3 is 3. The second-order valence-electron chi connectivity index (χ2n) is 8.33. The monoisotopic (exact) mass is 626 g/mol. The number of rotatable bonds is 7. The Labute approximate surface area is 241 Å². The summed E-state index contributed by atoms with van der Waals surface area (Å²) < 4.78 is 16.8. The van der Waals surface area contributed by atoms with Gasteiger partial charge in [0.1, 0.15) is 0 Å². The van der Waals surface area contributed by atoms with Gasteiger partial charge in [0.05, 0.1) is 43.5 Å². The summed E-state index contributed by atoms with van der Waals surface area (Å²) in [5, 5.41) is 3.65. The Hall–Kier alpha value is -2.56. The maximum absolute atomic E-state index is 13.9. The van der Waals surface area contributed by atoms with Gasteiger partial charge in [-0.3, -0.25) is 9.63 Å². The fourth-order valence-electron chi connectivity index (χ4n) is 4.61. The van der Waals surface area contributed by atoms with E-state index in [1.807, 2.05) is 24.1 Å². The highest BCUT2D eigenvalue weighted by Crippen LogP contribution is 2.44. The van der Waals surface area contributed by atoms with Gasteiger partial charge in [0.25, 0.3) is 5.91 Å². The van der Waals surface area contributed by atoms with E-state index in [0.29, 0.717) is 75.7 Å². The topological polar surface area (TPSA) is 77.5 Å². The van der Waals surface area contributed by atoms with Gasteiger partial charge in [-0.2, -0.15) is 5.06 Å². The molecule has 0 aliphatic carbocycles. The van der Waals surface area contributed by atoms with E-state index >= 15 is 0 Å². The summed E-state index contributed by atoms with van der Waals surface area (Å²) in [6.07, 6.45) is 0. The number of esters is 1. The van der Waals surface area contributed by atoms with Crippen molar-refractivity contribution in [1.29, 1.82) is 0 Å². The molecule has 0 spiro atoms. The Morgan fingerprint density at radius 3 is 2.32 bits per heavy atom. The van der Waals surface area contributed by atoms with E-state index in [-0.39, 0.29) is 29.4 Å². The molecule has 0 bridgehead atoms. The van der Waals surface area contributed by atoms with Gasteiger partial charge in [0, 0.05) is 42.2 Å². The number of halogens is 3. The highest BCUT2D eigenvalue weighted by Gasteiger charge is 2.31. The maximum atomic E-state index is 13.9. The standard InChI is InChI=1S/C27H28BrClN2O6.ClH/c1-5-37-31-11-9-30(10-12-31)26(32)19-15-18-17(7-6-8-21(18)29)23(24(19)27(33)36-4)16-13-20(28)25(35-3)22(14-16)34-2;/h6-8,13-15H,5,9-12H2,1-4H3;1H. The molecular formula is C27H29BrCl2N2O6. The molecule has 11 heteroatoms. The molecule has 8 nitrogen and oxygen atoms in total. The molecule has 0 N–H and O–H groups in total. The molecule has 204 valence electrons. The molecule has 0 unspecified atom stereocenters. The summed E-state index contributed by atoms with van der Waals surface area (Å²) in [7, 11) is 4.38. The Kier molecular flexibility index (Phi) is 10.3. The minimum absolute atomic E-state index is 0. The average Bonchev–Trinajstić information content (AvgIpc) is 2.91. The van der Waals surface area contributed by atoms with Gasteiger partial charge in [0.2, 0.25) is 0 Å². The third kappa shape index (κ3) is 5.72. The second kappa shape index (κ2) is 13.0. The first-order valence-electron chi connectivity index (χ1n) is 11.8. The van der Waals surface area contributed by atoms with E-state index < -0.39 is 5.97 Å². The molecule has 4 rings (SSSR count).